The number of nitrogens with zero attached hydrogens (tertiary/aromatic N) is 2. The van der Waals surface area contributed by atoms with Crippen LogP contribution >= 0.6 is 0 Å². The zero-order chi connectivity index (χ0) is 13.1. The summed E-state index contributed by atoms with van der Waals surface area (Å²) in [4.78, 5) is 16.0. The van der Waals surface area contributed by atoms with E-state index in [9.17, 15) is 4.79 Å². The number of hydrogen-bond acceptors (Lipinski definition) is 4. The first kappa shape index (κ1) is 12.1. The van der Waals surface area contributed by atoms with E-state index in [-0.39, 0.29) is 12.0 Å². The van der Waals surface area contributed by atoms with Crippen molar-refractivity contribution in [3.8, 4) is 0 Å². The van der Waals surface area contributed by atoms with Gasteiger partial charge in [-0.05, 0) is 25.3 Å². The van der Waals surface area contributed by atoms with Gasteiger partial charge in [0, 0.05) is 18.4 Å². The van der Waals surface area contributed by atoms with Crippen LogP contribution in [0.15, 0.2) is 18.5 Å². The molecule has 0 saturated carbocycles. The van der Waals surface area contributed by atoms with Crippen LogP contribution in [0, 0.1) is 0 Å². The third-order valence-corrected chi connectivity index (χ3v) is 3.29. The maximum absolute atomic E-state index is 11.8. The highest BCUT2D eigenvalue weighted by Crippen LogP contribution is 2.18. The van der Waals surface area contributed by atoms with Crippen molar-refractivity contribution in [2.24, 2.45) is 0 Å². The largest absolute Gasteiger partial charge is 0.378 e. The lowest BCUT2D eigenvalue weighted by atomic mass is 10.1. The summed E-state index contributed by atoms with van der Waals surface area (Å²) in [6.45, 7) is 0.827. The van der Waals surface area contributed by atoms with Crippen LogP contribution < -0.4 is 5.32 Å². The van der Waals surface area contributed by atoms with Gasteiger partial charge in [0.1, 0.15) is 0 Å². The number of rotatable bonds is 4. The number of carbonyl (C=O) groups is 1. The lowest BCUT2D eigenvalue weighted by Gasteiger charge is -2.09. The van der Waals surface area contributed by atoms with Gasteiger partial charge in [0.25, 0.3) is 0 Å². The molecule has 100 valence electrons. The molecule has 19 heavy (non-hydrogen) atoms. The summed E-state index contributed by atoms with van der Waals surface area (Å²) in [5.74, 6) is 0.000134. The molecule has 0 spiro atoms. The van der Waals surface area contributed by atoms with E-state index < -0.39 is 0 Å². The van der Waals surface area contributed by atoms with Crippen LogP contribution in [0.2, 0.25) is 0 Å². The smallest absolute Gasteiger partial charge is 0.224 e. The Balaban J connectivity index is 1.55. The zero-order valence-corrected chi connectivity index (χ0v) is 10.6. The van der Waals surface area contributed by atoms with Gasteiger partial charge in [0.05, 0.1) is 24.2 Å². The molecule has 0 aliphatic carbocycles. The first-order valence-corrected chi connectivity index (χ1v) is 6.52. The number of amides is 1. The third-order valence-electron chi connectivity index (χ3n) is 3.29. The highest BCUT2D eigenvalue weighted by molar-refractivity contribution is 5.92. The van der Waals surface area contributed by atoms with Gasteiger partial charge in [-0.1, -0.05) is 0 Å². The van der Waals surface area contributed by atoms with Crippen molar-refractivity contribution < 1.29 is 9.53 Å². The molecular weight excluding hydrogens is 244 g/mol. The van der Waals surface area contributed by atoms with E-state index >= 15 is 0 Å². The summed E-state index contributed by atoms with van der Waals surface area (Å²) in [5, 5.41) is 10.4. The molecule has 1 unspecified atom stereocenters. The topological polar surface area (TPSA) is 79.9 Å². The minimum absolute atomic E-state index is 0.000134. The van der Waals surface area contributed by atoms with Crippen LogP contribution in [0.5, 0.6) is 0 Å². The number of anilines is 1. The minimum Gasteiger partial charge on any atom is -0.378 e. The number of aromatic amines is 1. The van der Waals surface area contributed by atoms with Crippen molar-refractivity contribution in [2.75, 3.05) is 11.9 Å². The summed E-state index contributed by atoms with van der Waals surface area (Å²) in [6.07, 6.45) is 7.00. The van der Waals surface area contributed by atoms with Crippen LogP contribution in [0.1, 0.15) is 25.7 Å². The molecule has 0 aromatic carbocycles. The SMILES string of the molecule is O=C(CCC1CCCO1)Nc1cnc2[nH]ncc2c1. The second-order valence-electron chi connectivity index (χ2n) is 4.75. The van der Waals surface area contributed by atoms with Gasteiger partial charge in [0.2, 0.25) is 5.91 Å². The highest BCUT2D eigenvalue weighted by Gasteiger charge is 2.16. The van der Waals surface area contributed by atoms with E-state index in [1.54, 1.807) is 12.4 Å². The molecule has 3 heterocycles. The fourth-order valence-corrected chi connectivity index (χ4v) is 2.29. The monoisotopic (exact) mass is 260 g/mol. The quantitative estimate of drug-likeness (QED) is 0.879. The lowest BCUT2D eigenvalue weighted by Crippen LogP contribution is -2.15. The molecule has 2 aromatic heterocycles. The van der Waals surface area contributed by atoms with Crippen molar-refractivity contribution in [3.63, 3.8) is 0 Å². The molecule has 2 aromatic rings. The second kappa shape index (κ2) is 5.36. The van der Waals surface area contributed by atoms with E-state index in [0.29, 0.717) is 12.1 Å². The average Bonchev–Trinajstić information content (AvgIpc) is 3.07. The first-order chi connectivity index (χ1) is 9.31. The highest BCUT2D eigenvalue weighted by atomic mass is 16.5. The van der Waals surface area contributed by atoms with E-state index in [1.165, 1.54) is 0 Å². The van der Waals surface area contributed by atoms with Gasteiger partial charge < -0.3 is 10.1 Å². The predicted octanol–water partition coefficient (Wildman–Crippen LogP) is 1.86. The van der Waals surface area contributed by atoms with E-state index in [4.69, 9.17) is 4.74 Å². The molecule has 1 atom stereocenters. The van der Waals surface area contributed by atoms with E-state index in [2.05, 4.69) is 20.5 Å². The molecule has 0 radical (unpaired) electrons. The van der Waals surface area contributed by atoms with Gasteiger partial charge in [0.15, 0.2) is 5.65 Å². The number of pyridine rings is 1. The average molecular weight is 260 g/mol. The maximum atomic E-state index is 11.8. The Morgan fingerprint density at radius 2 is 2.47 bits per heavy atom. The molecule has 1 fully saturated rings. The fourth-order valence-electron chi connectivity index (χ4n) is 2.29. The van der Waals surface area contributed by atoms with Crippen LogP contribution in [0.4, 0.5) is 5.69 Å². The summed E-state index contributed by atoms with van der Waals surface area (Å²) in [6, 6.07) is 1.86. The van der Waals surface area contributed by atoms with Crippen LogP contribution in [-0.2, 0) is 9.53 Å². The molecular formula is C13H16N4O2. The van der Waals surface area contributed by atoms with Crippen molar-refractivity contribution in [2.45, 2.75) is 31.8 Å². The van der Waals surface area contributed by atoms with E-state index in [1.807, 2.05) is 6.07 Å². The van der Waals surface area contributed by atoms with Gasteiger partial charge in [-0.2, -0.15) is 5.10 Å². The van der Waals surface area contributed by atoms with Gasteiger partial charge in [-0.15, -0.1) is 0 Å². The second-order valence-corrected chi connectivity index (χ2v) is 4.75. The van der Waals surface area contributed by atoms with E-state index in [0.717, 1.165) is 36.9 Å². The number of aromatic nitrogens is 3. The Labute approximate surface area is 110 Å². The van der Waals surface area contributed by atoms with Crippen molar-refractivity contribution >= 4 is 22.6 Å². The van der Waals surface area contributed by atoms with Crippen LogP contribution in [0.3, 0.4) is 0 Å². The molecule has 0 bridgehead atoms. The van der Waals surface area contributed by atoms with Crippen LogP contribution in [0.25, 0.3) is 11.0 Å². The summed E-state index contributed by atoms with van der Waals surface area (Å²) < 4.78 is 5.50. The molecule has 1 aliphatic rings. The van der Waals surface area contributed by atoms with Gasteiger partial charge in [-0.25, -0.2) is 4.98 Å². The third kappa shape index (κ3) is 2.90. The predicted molar refractivity (Wildman–Crippen MR) is 70.7 cm³/mol. The number of nitrogens with one attached hydrogen (secondary N) is 2. The number of ether oxygens (including phenoxy) is 1. The molecule has 6 heteroatoms. The van der Waals surface area contributed by atoms with Crippen LogP contribution in [-0.4, -0.2) is 33.8 Å². The minimum atomic E-state index is 0.000134. The lowest BCUT2D eigenvalue weighted by molar-refractivity contribution is -0.116. The number of H-pyrrole nitrogens is 1. The standard InChI is InChI=1S/C13H16N4O2/c18-12(4-3-11-2-1-5-19-11)16-10-6-9-7-15-17-13(9)14-8-10/h6-8,11H,1-5H2,(H,16,18)(H,14,15,17). The molecule has 1 amide bonds. The molecule has 2 N–H and O–H groups in total. The fraction of sp³-hybridized carbons (Fsp3) is 0.462. The first-order valence-electron chi connectivity index (χ1n) is 6.52. The van der Waals surface area contributed by atoms with Gasteiger partial charge >= 0.3 is 0 Å². The Morgan fingerprint density at radius 1 is 1.53 bits per heavy atom. The molecule has 3 rings (SSSR count). The summed E-state index contributed by atoms with van der Waals surface area (Å²) in [7, 11) is 0. The Kier molecular flexibility index (Phi) is 3.41. The Morgan fingerprint density at radius 3 is 3.32 bits per heavy atom. The number of hydrogen-bond donors (Lipinski definition) is 2. The van der Waals surface area contributed by atoms with Gasteiger partial charge in [-0.3, -0.25) is 9.89 Å². The maximum Gasteiger partial charge on any atom is 0.224 e. The Bertz CT molecular complexity index is 575. The molecule has 6 nitrogen and oxygen atoms in total. The Hall–Kier alpha value is -1.95. The molecule has 1 aliphatic heterocycles. The normalized spacial score (nSPS) is 18.8. The number of fused-ring (bicyclic) bond motifs is 1. The summed E-state index contributed by atoms with van der Waals surface area (Å²) >= 11 is 0. The molecule has 1 saturated heterocycles. The zero-order valence-electron chi connectivity index (χ0n) is 10.6. The van der Waals surface area contributed by atoms with Crippen molar-refractivity contribution in [1.82, 2.24) is 15.2 Å². The summed E-state index contributed by atoms with van der Waals surface area (Å²) in [5.41, 5.74) is 1.42. The van der Waals surface area contributed by atoms with Crippen molar-refractivity contribution in [1.29, 1.82) is 0 Å². The number of carbonyl (C=O) groups excluding carboxylic acids is 1. The van der Waals surface area contributed by atoms with Crippen molar-refractivity contribution in [3.05, 3.63) is 18.5 Å².